The van der Waals surface area contributed by atoms with E-state index in [0.717, 1.165) is 5.69 Å². The van der Waals surface area contributed by atoms with Crippen LogP contribution < -0.4 is 0 Å². The Kier molecular flexibility index (Phi) is 3.06. The smallest absolute Gasteiger partial charge is 0.255 e. The average Bonchev–Trinajstić information content (AvgIpc) is 2.93. The molecule has 1 aliphatic rings. The first-order chi connectivity index (χ1) is 9.66. The summed E-state index contributed by atoms with van der Waals surface area (Å²) in [5.41, 5.74) is 1.83. The summed E-state index contributed by atoms with van der Waals surface area (Å²) in [6.07, 6.45) is 1.66. The van der Waals surface area contributed by atoms with Crippen molar-refractivity contribution in [3.8, 4) is 0 Å². The van der Waals surface area contributed by atoms with E-state index >= 15 is 0 Å². The molecule has 0 spiro atoms. The van der Waals surface area contributed by atoms with Crippen molar-refractivity contribution < 1.29 is 9.59 Å². The van der Waals surface area contributed by atoms with E-state index in [-0.39, 0.29) is 11.7 Å². The normalized spacial score (nSPS) is 13.9. The van der Waals surface area contributed by atoms with Gasteiger partial charge in [0, 0.05) is 12.1 Å². The number of ketones is 1. The lowest BCUT2D eigenvalue weighted by Crippen LogP contribution is -2.38. The fraction of sp³-hybridized carbons (Fsp3) is 0.286. The van der Waals surface area contributed by atoms with Crippen molar-refractivity contribution in [3.63, 3.8) is 0 Å². The molecule has 1 amide bonds. The van der Waals surface area contributed by atoms with E-state index in [9.17, 15) is 9.59 Å². The summed E-state index contributed by atoms with van der Waals surface area (Å²) in [5, 5.41) is 7.78. The first-order valence-electron chi connectivity index (χ1n) is 6.43. The van der Waals surface area contributed by atoms with Crippen LogP contribution in [0.4, 0.5) is 0 Å². The summed E-state index contributed by atoms with van der Waals surface area (Å²) in [5.74, 6) is -0.221. The number of fused-ring (bicyclic) bond motifs is 1. The van der Waals surface area contributed by atoms with Gasteiger partial charge in [0.2, 0.25) is 0 Å². The van der Waals surface area contributed by atoms with Crippen LogP contribution in [0.25, 0.3) is 0 Å². The number of Topliss-reactive ketones (excluding diaryl/α,β-unsaturated/α-hetero) is 1. The highest BCUT2D eigenvalue weighted by Crippen LogP contribution is 2.17. The summed E-state index contributed by atoms with van der Waals surface area (Å²) >= 11 is 0. The first kappa shape index (κ1) is 12.5. The maximum absolute atomic E-state index is 12.6. The van der Waals surface area contributed by atoms with E-state index in [4.69, 9.17) is 0 Å². The van der Waals surface area contributed by atoms with Gasteiger partial charge in [0.1, 0.15) is 0 Å². The summed E-state index contributed by atoms with van der Waals surface area (Å²) < 4.78 is 1.79. The second-order valence-corrected chi connectivity index (χ2v) is 4.78. The van der Waals surface area contributed by atoms with E-state index in [1.165, 1.54) is 6.92 Å². The number of rotatable bonds is 2. The molecule has 0 atom stereocenters. The molecule has 1 aromatic heterocycles. The Hall–Kier alpha value is -2.50. The number of amides is 1. The molecular formula is C14H14N4O2. The number of nitrogens with zero attached hydrogens (tertiary/aromatic N) is 4. The standard InChI is InChI=1S/C14H14N4O2/c1-10(19)12-4-2-3-5-13(12)14(20)17-6-7-18-11(9-17)8-15-16-18/h2-5,8H,6-7,9H2,1H3. The Morgan fingerprint density at radius 2 is 1.90 bits per heavy atom. The predicted molar refractivity (Wildman–Crippen MR) is 71.2 cm³/mol. The maximum Gasteiger partial charge on any atom is 0.255 e. The minimum Gasteiger partial charge on any atom is -0.331 e. The number of carbonyl (C=O) groups excluding carboxylic acids is 2. The zero-order valence-corrected chi connectivity index (χ0v) is 11.1. The highest BCUT2D eigenvalue weighted by atomic mass is 16.2. The molecule has 102 valence electrons. The molecule has 0 saturated heterocycles. The molecule has 0 bridgehead atoms. The van der Waals surface area contributed by atoms with Gasteiger partial charge in [-0.1, -0.05) is 23.4 Å². The third kappa shape index (κ3) is 2.09. The maximum atomic E-state index is 12.6. The van der Waals surface area contributed by atoms with Crippen LogP contribution in [0.15, 0.2) is 30.5 Å². The van der Waals surface area contributed by atoms with E-state index in [1.54, 1.807) is 40.0 Å². The lowest BCUT2D eigenvalue weighted by molar-refractivity contribution is 0.0701. The number of benzene rings is 1. The van der Waals surface area contributed by atoms with Gasteiger partial charge in [-0.15, -0.1) is 5.10 Å². The van der Waals surface area contributed by atoms with Crippen LogP contribution in [0.3, 0.4) is 0 Å². The van der Waals surface area contributed by atoms with Crippen LogP contribution in [0, 0.1) is 0 Å². The lowest BCUT2D eigenvalue weighted by atomic mass is 10.0. The van der Waals surface area contributed by atoms with Crippen LogP contribution in [0.1, 0.15) is 33.3 Å². The van der Waals surface area contributed by atoms with E-state index < -0.39 is 0 Å². The molecule has 20 heavy (non-hydrogen) atoms. The van der Waals surface area contributed by atoms with E-state index in [2.05, 4.69) is 10.3 Å². The quantitative estimate of drug-likeness (QED) is 0.767. The average molecular weight is 270 g/mol. The van der Waals surface area contributed by atoms with Crippen LogP contribution in [0.2, 0.25) is 0 Å². The van der Waals surface area contributed by atoms with Crippen molar-refractivity contribution >= 4 is 11.7 Å². The molecular weight excluding hydrogens is 256 g/mol. The molecule has 2 aromatic rings. The van der Waals surface area contributed by atoms with Gasteiger partial charge in [-0.05, 0) is 13.0 Å². The van der Waals surface area contributed by atoms with Gasteiger partial charge >= 0.3 is 0 Å². The van der Waals surface area contributed by atoms with Gasteiger partial charge in [-0.3, -0.25) is 9.59 Å². The number of carbonyl (C=O) groups is 2. The lowest BCUT2D eigenvalue weighted by Gasteiger charge is -2.27. The summed E-state index contributed by atoms with van der Waals surface area (Å²) in [4.78, 5) is 25.9. The molecule has 1 aromatic carbocycles. The molecule has 1 aliphatic heterocycles. The molecule has 6 heteroatoms. The van der Waals surface area contributed by atoms with Gasteiger partial charge in [0.05, 0.1) is 30.5 Å². The van der Waals surface area contributed by atoms with Crippen molar-refractivity contribution in [2.24, 2.45) is 0 Å². The van der Waals surface area contributed by atoms with Crippen molar-refractivity contribution in [1.29, 1.82) is 0 Å². The molecule has 0 saturated carbocycles. The molecule has 0 N–H and O–H groups in total. The zero-order chi connectivity index (χ0) is 14.1. The largest absolute Gasteiger partial charge is 0.331 e. The van der Waals surface area contributed by atoms with Crippen LogP contribution >= 0.6 is 0 Å². The predicted octanol–water partition coefficient (Wildman–Crippen LogP) is 1.14. The monoisotopic (exact) mass is 270 g/mol. The third-order valence-electron chi connectivity index (χ3n) is 3.46. The highest BCUT2D eigenvalue weighted by molar-refractivity contribution is 6.07. The highest BCUT2D eigenvalue weighted by Gasteiger charge is 2.24. The van der Waals surface area contributed by atoms with Gasteiger partial charge < -0.3 is 4.90 Å². The van der Waals surface area contributed by atoms with Crippen LogP contribution in [-0.2, 0) is 13.1 Å². The topological polar surface area (TPSA) is 68.1 Å². The van der Waals surface area contributed by atoms with E-state index in [0.29, 0.717) is 30.8 Å². The van der Waals surface area contributed by atoms with Crippen molar-refractivity contribution in [3.05, 3.63) is 47.3 Å². The minimum atomic E-state index is -0.122. The Balaban J connectivity index is 1.89. The van der Waals surface area contributed by atoms with Crippen molar-refractivity contribution in [1.82, 2.24) is 19.9 Å². The second kappa shape index (κ2) is 4.88. The third-order valence-corrected chi connectivity index (χ3v) is 3.46. The van der Waals surface area contributed by atoms with Crippen molar-refractivity contribution in [2.75, 3.05) is 6.54 Å². The fourth-order valence-corrected chi connectivity index (χ4v) is 2.40. The van der Waals surface area contributed by atoms with Crippen LogP contribution in [-0.4, -0.2) is 38.1 Å². The fourth-order valence-electron chi connectivity index (χ4n) is 2.40. The zero-order valence-electron chi connectivity index (χ0n) is 11.1. The number of hydrogen-bond acceptors (Lipinski definition) is 4. The summed E-state index contributed by atoms with van der Waals surface area (Å²) in [7, 11) is 0. The molecule has 0 fully saturated rings. The number of aromatic nitrogens is 3. The van der Waals surface area contributed by atoms with Crippen LogP contribution in [0.5, 0.6) is 0 Å². The Bertz CT molecular complexity index is 677. The SMILES string of the molecule is CC(=O)c1ccccc1C(=O)N1CCn2nncc2C1. The van der Waals surface area contributed by atoms with E-state index in [1.807, 2.05) is 0 Å². The van der Waals surface area contributed by atoms with Gasteiger partial charge in [0.15, 0.2) is 5.78 Å². The number of hydrogen-bond donors (Lipinski definition) is 0. The second-order valence-electron chi connectivity index (χ2n) is 4.78. The molecule has 0 aliphatic carbocycles. The van der Waals surface area contributed by atoms with Gasteiger partial charge in [0.25, 0.3) is 5.91 Å². The van der Waals surface area contributed by atoms with Gasteiger partial charge in [-0.25, -0.2) is 4.68 Å². The molecule has 0 unspecified atom stereocenters. The van der Waals surface area contributed by atoms with Crippen molar-refractivity contribution in [2.45, 2.75) is 20.0 Å². The summed E-state index contributed by atoms with van der Waals surface area (Å²) in [6.45, 7) is 3.14. The Morgan fingerprint density at radius 1 is 1.15 bits per heavy atom. The Morgan fingerprint density at radius 3 is 2.65 bits per heavy atom. The molecule has 6 nitrogen and oxygen atoms in total. The van der Waals surface area contributed by atoms with Gasteiger partial charge in [-0.2, -0.15) is 0 Å². The Labute approximate surface area is 116 Å². The first-order valence-corrected chi connectivity index (χ1v) is 6.43. The summed E-state index contributed by atoms with van der Waals surface area (Å²) in [6, 6.07) is 6.92. The molecule has 0 radical (unpaired) electrons. The molecule has 3 rings (SSSR count). The molecule has 2 heterocycles. The minimum absolute atomic E-state index is 0.0994.